The van der Waals surface area contributed by atoms with E-state index in [0.717, 1.165) is 0 Å². The molecule has 2 aliphatic carbocycles. The Labute approximate surface area is 256 Å². The van der Waals surface area contributed by atoms with Crippen molar-refractivity contribution in [3.8, 4) is 0 Å². The van der Waals surface area contributed by atoms with E-state index in [1.54, 1.807) is 0 Å². The van der Waals surface area contributed by atoms with Crippen molar-refractivity contribution in [3.63, 3.8) is 0 Å². The number of nitrogens with one attached hydrogen (secondary N) is 1. The van der Waals surface area contributed by atoms with Crippen molar-refractivity contribution in [1.29, 1.82) is 0 Å². The monoisotopic (exact) mass is 659 g/mol. The maximum Gasteiger partial charge on any atom is 0.187 e. The summed E-state index contributed by atoms with van der Waals surface area (Å²) in [5, 5.41) is 146. The Bertz CT molecular complexity index is 972. The molecule has 0 aromatic rings. The molecule has 4 aliphatic rings. The second-order valence-corrected chi connectivity index (χ2v) is 11.9. The highest BCUT2D eigenvalue weighted by atomic mass is 16.7. The van der Waals surface area contributed by atoms with Crippen LogP contribution in [-0.2, 0) is 18.9 Å². The van der Waals surface area contributed by atoms with Crippen LogP contribution in [-0.4, -0.2) is 208 Å². The van der Waals surface area contributed by atoms with Crippen molar-refractivity contribution in [2.24, 2.45) is 5.92 Å². The van der Waals surface area contributed by atoms with Crippen molar-refractivity contribution in [2.45, 2.75) is 117 Å². The number of rotatable bonds is 10. The average molecular weight is 660 g/mol. The van der Waals surface area contributed by atoms with Gasteiger partial charge in [-0.2, -0.15) is 0 Å². The van der Waals surface area contributed by atoms with Crippen LogP contribution >= 0.6 is 0 Å². The normalized spacial score (nSPS) is 51.2. The van der Waals surface area contributed by atoms with Crippen LogP contribution in [0.3, 0.4) is 0 Å². The van der Waals surface area contributed by atoms with Gasteiger partial charge in [0, 0.05) is 18.6 Å². The summed E-state index contributed by atoms with van der Waals surface area (Å²) in [7, 11) is 0. The molecule has 19 nitrogen and oxygen atoms in total. The number of aliphatic hydroxyl groups is 14. The third kappa shape index (κ3) is 7.37. The molecule has 2 heterocycles. The molecular formula is C26H45NO18. The summed E-state index contributed by atoms with van der Waals surface area (Å²) in [6.45, 7) is -2.84. The molecule has 15 N–H and O–H groups in total. The van der Waals surface area contributed by atoms with Crippen LogP contribution in [0.5, 0.6) is 0 Å². The third-order valence-electron chi connectivity index (χ3n) is 9.01. The summed E-state index contributed by atoms with van der Waals surface area (Å²) in [6, 6.07) is -2.08. The largest absolute Gasteiger partial charge is 0.396 e. The van der Waals surface area contributed by atoms with Gasteiger partial charge in [0.1, 0.15) is 73.2 Å². The lowest BCUT2D eigenvalue weighted by molar-refractivity contribution is -0.368. The smallest absolute Gasteiger partial charge is 0.187 e. The zero-order chi connectivity index (χ0) is 33.3. The van der Waals surface area contributed by atoms with E-state index in [2.05, 4.69) is 5.32 Å². The second kappa shape index (κ2) is 15.5. The Morgan fingerprint density at radius 3 is 1.73 bits per heavy atom. The fourth-order valence-corrected chi connectivity index (χ4v) is 6.26. The van der Waals surface area contributed by atoms with E-state index in [1.165, 1.54) is 6.08 Å². The second-order valence-electron chi connectivity index (χ2n) is 11.9. The fourth-order valence-electron chi connectivity index (χ4n) is 6.26. The van der Waals surface area contributed by atoms with Gasteiger partial charge >= 0.3 is 0 Å². The van der Waals surface area contributed by atoms with Gasteiger partial charge in [-0.3, -0.25) is 0 Å². The first-order valence-corrected chi connectivity index (χ1v) is 14.6. The first-order chi connectivity index (χ1) is 21.3. The van der Waals surface area contributed by atoms with Crippen LogP contribution < -0.4 is 5.32 Å². The molecule has 0 radical (unpaired) electrons. The Morgan fingerprint density at radius 1 is 0.600 bits per heavy atom. The molecule has 0 aromatic heterocycles. The van der Waals surface area contributed by atoms with E-state index < -0.39 is 142 Å². The minimum Gasteiger partial charge on any atom is -0.396 e. The summed E-state index contributed by atoms with van der Waals surface area (Å²) >= 11 is 0. The van der Waals surface area contributed by atoms with Gasteiger partial charge in [-0.15, -0.1) is 0 Å². The maximum atomic E-state index is 11.0. The van der Waals surface area contributed by atoms with E-state index in [9.17, 15) is 71.5 Å². The Kier molecular flexibility index (Phi) is 12.7. The Balaban J connectivity index is 1.44. The van der Waals surface area contributed by atoms with Crippen LogP contribution in [0.15, 0.2) is 11.6 Å². The molecule has 0 unspecified atom stereocenters. The maximum absolute atomic E-state index is 11.0. The molecule has 0 bridgehead atoms. The van der Waals surface area contributed by atoms with Gasteiger partial charge in [-0.1, -0.05) is 6.08 Å². The van der Waals surface area contributed by atoms with E-state index >= 15 is 0 Å². The SMILES string of the molecule is OCC1=C[C@H](N[C@H]2C[C@H](CO)[C@@H](O[C@@H]3O[C@@H](CO)[C@@H](O[C@H]4O[C@@H](CO)[C@@H](O)[C@H](O)[C@H]4O)[C@H](O)[C@H]3O)[C@@H](O)[C@H]2O)[C@@H](O)[C@H](O)[C@H]1O. The zero-order valence-corrected chi connectivity index (χ0v) is 24.0. The summed E-state index contributed by atoms with van der Waals surface area (Å²) in [6.07, 6.45) is -25.5. The fraction of sp³-hybridized carbons (Fsp3) is 0.923. The van der Waals surface area contributed by atoms with E-state index in [0.29, 0.717) is 0 Å². The molecule has 1 saturated carbocycles. The molecular weight excluding hydrogens is 614 g/mol. The number of aliphatic hydroxyl groups excluding tert-OH is 14. The van der Waals surface area contributed by atoms with Crippen LogP contribution in [0.2, 0.25) is 0 Å². The minimum absolute atomic E-state index is 0.0188. The highest BCUT2D eigenvalue weighted by molar-refractivity contribution is 5.22. The van der Waals surface area contributed by atoms with Crippen molar-refractivity contribution >= 4 is 0 Å². The third-order valence-corrected chi connectivity index (χ3v) is 9.01. The molecule has 19 heteroatoms. The van der Waals surface area contributed by atoms with Gasteiger partial charge in [0.25, 0.3) is 0 Å². The highest BCUT2D eigenvalue weighted by Gasteiger charge is 2.53. The van der Waals surface area contributed by atoms with Gasteiger partial charge in [0.2, 0.25) is 0 Å². The molecule has 4 rings (SSSR count). The first kappa shape index (κ1) is 36.8. The van der Waals surface area contributed by atoms with Gasteiger partial charge in [-0.25, -0.2) is 0 Å². The van der Waals surface area contributed by atoms with Gasteiger partial charge in [-0.05, 0) is 12.0 Å². The molecule has 3 fully saturated rings. The summed E-state index contributed by atoms with van der Waals surface area (Å²) in [5.74, 6) is -0.943. The minimum atomic E-state index is -1.94. The van der Waals surface area contributed by atoms with Crippen LogP contribution in [0, 0.1) is 5.92 Å². The molecule has 2 aliphatic heterocycles. The molecule has 19 atom stereocenters. The average Bonchev–Trinajstić information content (AvgIpc) is 3.03. The van der Waals surface area contributed by atoms with Crippen LogP contribution in [0.25, 0.3) is 0 Å². The molecule has 2 saturated heterocycles. The van der Waals surface area contributed by atoms with Crippen molar-refractivity contribution in [3.05, 3.63) is 11.6 Å². The number of hydrogen-bond acceptors (Lipinski definition) is 19. The summed E-state index contributed by atoms with van der Waals surface area (Å²) < 4.78 is 22.1. The molecule has 0 aromatic carbocycles. The predicted molar refractivity (Wildman–Crippen MR) is 142 cm³/mol. The molecule has 45 heavy (non-hydrogen) atoms. The summed E-state index contributed by atoms with van der Waals surface area (Å²) in [5.41, 5.74) is 0.0188. The lowest BCUT2D eigenvalue weighted by Crippen LogP contribution is -2.67. The standard InChI is InChI=1S/C26H45NO18/c28-3-7-1-9(14(33)17(36)13(7)32)27-10-2-8(4-29)23(19(38)15(10)34)44-26-22(41)20(39)24(12(6-31)43-26)45-25-21(40)18(37)16(35)11(5-30)42-25/h1,8-41H,2-6H2/t8-,9+,10+,11+,12+,13+,14-,15+,16-,17-,18+,19+,20-,21-,22-,23-,24-,25-,26+/m1/s1. The quantitative estimate of drug-likeness (QED) is 0.0968. The van der Waals surface area contributed by atoms with Crippen LogP contribution in [0.1, 0.15) is 6.42 Å². The van der Waals surface area contributed by atoms with Crippen LogP contribution in [0.4, 0.5) is 0 Å². The Morgan fingerprint density at radius 2 is 1.16 bits per heavy atom. The van der Waals surface area contributed by atoms with Gasteiger partial charge < -0.3 is 95.8 Å². The van der Waals surface area contributed by atoms with E-state index in [4.69, 9.17) is 18.9 Å². The molecule has 262 valence electrons. The number of ether oxygens (including phenoxy) is 4. The lowest BCUT2D eigenvalue weighted by atomic mass is 9.78. The van der Waals surface area contributed by atoms with Gasteiger partial charge in [0.05, 0.1) is 38.1 Å². The lowest BCUT2D eigenvalue weighted by Gasteiger charge is -2.48. The zero-order valence-electron chi connectivity index (χ0n) is 24.0. The van der Waals surface area contributed by atoms with Crippen molar-refractivity contribution < 1.29 is 90.4 Å². The van der Waals surface area contributed by atoms with E-state index in [-0.39, 0.29) is 12.0 Å². The topological polar surface area (TPSA) is 332 Å². The molecule has 0 spiro atoms. The van der Waals surface area contributed by atoms with Crippen molar-refractivity contribution in [2.75, 3.05) is 26.4 Å². The summed E-state index contributed by atoms with van der Waals surface area (Å²) in [4.78, 5) is 0. The van der Waals surface area contributed by atoms with E-state index in [1.807, 2.05) is 0 Å². The number of hydrogen-bond donors (Lipinski definition) is 15. The Hall–Kier alpha value is -1.02. The highest BCUT2D eigenvalue weighted by Crippen LogP contribution is 2.34. The first-order valence-electron chi connectivity index (χ1n) is 14.6. The molecule has 0 amide bonds. The predicted octanol–water partition coefficient (Wildman–Crippen LogP) is -8.93. The van der Waals surface area contributed by atoms with Gasteiger partial charge in [0.15, 0.2) is 12.6 Å². The van der Waals surface area contributed by atoms with Crippen molar-refractivity contribution in [1.82, 2.24) is 5.32 Å².